The van der Waals surface area contributed by atoms with Crippen molar-refractivity contribution in [2.75, 3.05) is 57.1 Å². The Labute approximate surface area is 200 Å². The van der Waals surface area contributed by atoms with E-state index in [1.165, 1.54) is 0 Å². The SMILES string of the molecule is CCCC(=O)Nc1ccc(NC(=O)N2CCN(CC(O)COc3ccccc3OC)CC2)cc1. The summed E-state index contributed by atoms with van der Waals surface area (Å²) < 4.78 is 11.0. The average Bonchev–Trinajstić information content (AvgIpc) is 2.84. The molecule has 1 atom stereocenters. The summed E-state index contributed by atoms with van der Waals surface area (Å²) in [7, 11) is 1.58. The van der Waals surface area contributed by atoms with Crippen molar-refractivity contribution >= 4 is 23.3 Å². The van der Waals surface area contributed by atoms with Crippen LogP contribution in [-0.2, 0) is 4.79 Å². The molecule has 3 amide bonds. The van der Waals surface area contributed by atoms with E-state index in [1.54, 1.807) is 42.3 Å². The molecule has 1 unspecified atom stereocenters. The quantitative estimate of drug-likeness (QED) is 0.493. The lowest BCUT2D eigenvalue weighted by Gasteiger charge is -2.35. The molecular formula is C25H34N4O5. The zero-order valence-electron chi connectivity index (χ0n) is 19.8. The Morgan fingerprint density at radius 2 is 1.59 bits per heavy atom. The van der Waals surface area contributed by atoms with Crippen LogP contribution in [0.5, 0.6) is 11.5 Å². The van der Waals surface area contributed by atoms with Gasteiger partial charge in [0.1, 0.15) is 12.7 Å². The largest absolute Gasteiger partial charge is 0.493 e. The lowest BCUT2D eigenvalue weighted by Crippen LogP contribution is -2.51. The van der Waals surface area contributed by atoms with Crippen LogP contribution in [0.2, 0.25) is 0 Å². The van der Waals surface area contributed by atoms with Crippen molar-refractivity contribution in [3.63, 3.8) is 0 Å². The second-order valence-corrected chi connectivity index (χ2v) is 8.21. The number of nitrogens with one attached hydrogen (secondary N) is 2. The van der Waals surface area contributed by atoms with E-state index < -0.39 is 6.10 Å². The molecule has 1 aliphatic rings. The molecule has 1 saturated heterocycles. The van der Waals surface area contributed by atoms with Crippen LogP contribution in [0.1, 0.15) is 19.8 Å². The molecule has 9 nitrogen and oxygen atoms in total. The number of amides is 3. The standard InChI is InChI=1S/C25H34N4O5/c1-3-6-24(31)26-19-9-11-20(12-10-19)27-25(32)29-15-13-28(14-16-29)17-21(30)18-34-23-8-5-4-7-22(23)33-2/h4-5,7-12,21,30H,3,6,13-18H2,1-2H3,(H,26,31)(H,27,32). The Hall–Kier alpha value is -3.30. The number of benzene rings is 2. The molecule has 0 saturated carbocycles. The summed E-state index contributed by atoms with van der Waals surface area (Å²) in [6.07, 6.45) is 0.626. The molecule has 3 rings (SSSR count). The average molecular weight is 471 g/mol. The third-order valence-corrected chi connectivity index (χ3v) is 5.53. The third-order valence-electron chi connectivity index (χ3n) is 5.53. The van der Waals surface area contributed by atoms with Gasteiger partial charge in [0.05, 0.1) is 7.11 Å². The Kier molecular flexibility index (Phi) is 9.54. The Morgan fingerprint density at radius 3 is 2.21 bits per heavy atom. The van der Waals surface area contributed by atoms with E-state index in [0.29, 0.717) is 62.0 Å². The lowest BCUT2D eigenvalue weighted by molar-refractivity contribution is -0.116. The summed E-state index contributed by atoms with van der Waals surface area (Å²) >= 11 is 0. The predicted octanol–water partition coefficient (Wildman–Crippen LogP) is 3.02. The normalized spacial score (nSPS) is 14.9. The zero-order valence-corrected chi connectivity index (χ0v) is 19.8. The topological polar surface area (TPSA) is 103 Å². The minimum atomic E-state index is -0.651. The van der Waals surface area contributed by atoms with E-state index in [-0.39, 0.29) is 18.5 Å². The number of rotatable bonds is 10. The van der Waals surface area contributed by atoms with E-state index in [9.17, 15) is 14.7 Å². The summed E-state index contributed by atoms with van der Waals surface area (Å²) in [5, 5.41) is 16.1. The molecule has 0 radical (unpaired) electrons. The highest BCUT2D eigenvalue weighted by atomic mass is 16.5. The van der Waals surface area contributed by atoms with Crippen LogP contribution in [0.4, 0.5) is 16.2 Å². The lowest BCUT2D eigenvalue weighted by atomic mass is 10.2. The number of anilines is 2. The number of hydrogen-bond donors (Lipinski definition) is 3. The van der Waals surface area contributed by atoms with Gasteiger partial charge >= 0.3 is 6.03 Å². The number of methoxy groups -OCH3 is 1. The maximum Gasteiger partial charge on any atom is 0.321 e. The minimum absolute atomic E-state index is 0.0198. The molecule has 0 aliphatic carbocycles. The molecule has 2 aromatic rings. The van der Waals surface area contributed by atoms with Gasteiger partial charge in [-0.1, -0.05) is 19.1 Å². The number of carbonyl (C=O) groups excluding carboxylic acids is 2. The summed E-state index contributed by atoms with van der Waals surface area (Å²) in [6, 6.07) is 14.3. The van der Waals surface area contributed by atoms with E-state index in [4.69, 9.17) is 9.47 Å². The van der Waals surface area contributed by atoms with E-state index >= 15 is 0 Å². The summed E-state index contributed by atoms with van der Waals surface area (Å²) in [5.41, 5.74) is 1.38. The molecule has 9 heteroatoms. The van der Waals surface area contributed by atoms with Gasteiger partial charge in [-0.15, -0.1) is 0 Å². The van der Waals surface area contributed by atoms with Gasteiger partial charge in [0.15, 0.2) is 11.5 Å². The van der Waals surface area contributed by atoms with Crippen LogP contribution in [0.3, 0.4) is 0 Å². The third kappa shape index (κ3) is 7.64. The molecule has 2 aromatic carbocycles. The summed E-state index contributed by atoms with van der Waals surface area (Å²) in [6.45, 7) is 5.06. The summed E-state index contributed by atoms with van der Waals surface area (Å²) in [4.78, 5) is 28.2. The molecule has 3 N–H and O–H groups in total. The highest BCUT2D eigenvalue weighted by Crippen LogP contribution is 2.25. The molecule has 1 heterocycles. The predicted molar refractivity (Wildman–Crippen MR) is 132 cm³/mol. The zero-order chi connectivity index (χ0) is 24.3. The minimum Gasteiger partial charge on any atom is -0.493 e. The van der Waals surface area contributed by atoms with Crippen LogP contribution in [0.25, 0.3) is 0 Å². The van der Waals surface area contributed by atoms with Gasteiger partial charge in [0, 0.05) is 50.5 Å². The number of β-amino-alcohol motifs (C(OH)–C–C–N with tert-alkyl or cyclic N) is 1. The van der Waals surface area contributed by atoms with Crippen LogP contribution in [0.15, 0.2) is 48.5 Å². The molecular weight excluding hydrogens is 436 g/mol. The fourth-order valence-corrected chi connectivity index (χ4v) is 3.70. The Bertz CT molecular complexity index is 929. The number of piperazine rings is 1. The molecule has 0 spiro atoms. The van der Waals surface area contributed by atoms with Gasteiger partial charge in [-0.05, 0) is 42.8 Å². The van der Waals surface area contributed by atoms with Crippen LogP contribution in [0, 0.1) is 0 Å². The smallest absolute Gasteiger partial charge is 0.321 e. The number of ether oxygens (including phenoxy) is 2. The van der Waals surface area contributed by atoms with Crippen molar-refractivity contribution in [1.82, 2.24) is 9.80 Å². The van der Waals surface area contributed by atoms with Crippen molar-refractivity contribution in [2.24, 2.45) is 0 Å². The van der Waals surface area contributed by atoms with Crippen molar-refractivity contribution in [3.8, 4) is 11.5 Å². The highest BCUT2D eigenvalue weighted by Gasteiger charge is 2.23. The fraction of sp³-hybridized carbons (Fsp3) is 0.440. The van der Waals surface area contributed by atoms with Gasteiger partial charge in [0.2, 0.25) is 5.91 Å². The first-order chi connectivity index (χ1) is 16.5. The first-order valence-electron chi connectivity index (χ1n) is 11.6. The van der Waals surface area contributed by atoms with Crippen LogP contribution >= 0.6 is 0 Å². The number of hydrogen-bond acceptors (Lipinski definition) is 6. The molecule has 0 bridgehead atoms. The number of carbonyl (C=O) groups is 2. The number of aliphatic hydroxyl groups excluding tert-OH is 1. The van der Waals surface area contributed by atoms with Gasteiger partial charge < -0.3 is 30.1 Å². The van der Waals surface area contributed by atoms with E-state index in [0.717, 1.165) is 6.42 Å². The van der Waals surface area contributed by atoms with Crippen LogP contribution < -0.4 is 20.1 Å². The maximum atomic E-state index is 12.6. The Morgan fingerprint density at radius 1 is 0.971 bits per heavy atom. The van der Waals surface area contributed by atoms with Gasteiger partial charge in [-0.2, -0.15) is 0 Å². The molecule has 34 heavy (non-hydrogen) atoms. The highest BCUT2D eigenvalue weighted by molar-refractivity contribution is 5.92. The number of para-hydroxylation sites is 2. The van der Waals surface area contributed by atoms with Crippen LogP contribution in [-0.4, -0.2) is 79.4 Å². The number of urea groups is 1. The van der Waals surface area contributed by atoms with Gasteiger partial charge in [0.25, 0.3) is 0 Å². The van der Waals surface area contributed by atoms with E-state index in [2.05, 4.69) is 15.5 Å². The van der Waals surface area contributed by atoms with Crippen molar-refractivity contribution in [3.05, 3.63) is 48.5 Å². The molecule has 0 aromatic heterocycles. The fourth-order valence-electron chi connectivity index (χ4n) is 3.70. The number of aliphatic hydroxyl groups is 1. The first-order valence-corrected chi connectivity index (χ1v) is 11.6. The van der Waals surface area contributed by atoms with Crippen molar-refractivity contribution < 1.29 is 24.2 Å². The molecule has 1 aliphatic heterocycles. The van der Waals surface area contributed by atoms with E-state index in [1.807, 2.05) is 25.1 Å². The number of nitrogens with zero attached hydrogens (tertiary/aromatic N) is 2. The maximum absolute atomic E-state index is 12.6. The Balaban J connectivity index is 1.38. The van der Waals surface area contributed by atoms with Gasteiger partial charge in [-0.25, -0.2) is 4.79 Å². The molecule has 1 fully saturated rings. The first kappa shape index (κ1) is 25.3. The monoisotopic (exact) mass is 470 g/mol. The second-order valence-electron chi connectivity index (χ2n) is 8.21. The second kappa shape index (κ2) is 12.8. The summed E-state index contributed by atoms with van der Waals surface area (Å²) in [5.74, 6) is 1.21. The molecule has 184 valence electrons. The van der Waals surface area contributed by atoms with Gasteiger partial charge in [-0.3, -0.25) is 9.69 Å². The van der Waals surface area contributed by atoms with Crippen molar-refractivity contribution in [1.29, 1.82) is 0 Å². The van der Waals surface area contributed by atoms with Crippen molar-refractivity contribution in [2.45, 2.75) is 25.9 Å².